The van der Waals surface area contributed by atoms with Crippen LogP contribution in [-0.4, -0.2) is 12.0 Å². The van der Waals surface area contributed by atoms with Crippen molar-refractivity contribution in [3.63, 3.8) is 0 Å². The van der Waals surface area contributed by atoms with E-state index in [2.05, 4.69) is 22.2 Å². The number of pyridine rings is 1. The summed E-state index contributed by atoms with van der Waals surface area (Å²) >= 11 is 0. The van der Waals surface area contributed by atoms with E-state index in [1.807, 2.05) is 49.5 Å². The van der Waals surface area contributed by atoms with Crippen LogP contribution in [-0.2, 0) is 0 Å². The van der Waals surface area contributed by atoms with Crippen LogP contribution in [0.1, 0.15) is 5.56 Å². The highest BCUT2D eigenvalue weighted by atomic mass is 15.5. The number of aromatic nitrogens is 1. The maximum absolute atomic E-state index is 4.09. The predicted molar refractivity (Wildman–Crippen MR) is 68.3 cm³/mol. The minimum Gasteiger partial charge on any atom is -0.250 e. The quantitative estimate of drug-likeness (QED) is 0.593. The minimum atomic E-state index is 0.603. The largest absolute Gasteiger partial charge is 0.250 e. The van der Waals surface area contributed by atoms with Gasteiger partial charge in [0.2, 0.25) is 0 Å². The lowest BCUT2D eigenvalue weighted by Crippen LogP contribution is -2.06. The average Bonchev–Trinajstić information content (AvgIpc) is 2.38. The molecule has 4 heteroatoms. The molecular formula is C13H14N4. The number of anilines is 1. The van der Waals surface area contributed by atoms with Crippen LogP contribution < -0.4 is 5.01 Å². The van der Waals surface area contributed by atoms with Gasteiger partial charge in [-0.3, -0.25) is 0 Å². The molecule has 0 atom stereocenters. The molecule has 1 aromatic heterocycles. The number of hydrogen-bond donors (Lipinski definition) is 0. The second-order valence-corrected chi connectivity index (χ2v) is 3.74. The lowest BCUT2D eigenvalue weighted by Gasteiger charge is -2.10. The molecule has 0 saturated carbocycles. The van der Waals surface area contributed by atoms with Gasteiger partial charge >= 0.3 is 0 Å². The first kappa shape index (κ1) is 11.3. The number of nitrogens with zero attached hydrogens (tertiary/aromatic N) is 4. The summed E-state index contributed by atoms with van der Waals surface area (Å²) in [7, 11) is 1.86. The normalized spacial score (nSPS) is 10.7. The molecule has 0 saturated heterocycles. The molecule has 4 nitrogen and oxygen atoms in total. The van der Waals surface area contributed by atoms with E-state index in [1.165, 1.54) is 5.56 Å². The van der Waals surface area contributed by atoms with Crippen LogP contribution >= 0.6 is 0 Å². The zero-order valence-corrected chi connectivity index (χ0v) is 9.91. The summed E-state index contributed by atoms with van der Waals surface area (Å²) in [5.41, 5.74) is 2.22. The summed E-state index contributed by atoms with van der Waals surface area (Å²) in [6.45, 7) is 2.05. The first-order valence-electron chi connectivity index (χ1n) is 5.39. The molecule has 1 aromatic carbocycles. The molecule has 0 radical (unpaired) electrons. The first-order valence-corrected chi connectivity index (χ1v) is 5.39. The number of rotatable bonds is 3. The van der Waals surface area contributed by atoms with Crippen LogP contribution in [0.3, 0.4) is 0 Å². The van der Waals surface area contributed by atoms with Gasteiger partial charge in [-0.05, 0) is 31.2 Å². The zero-order valence-electron chi connectivity index (χ0n) is 9.91. The van der Waals surface area contributed by atoms with Gasteiger partial charge in [0.1, 0.15) is 0 Å². The van der Waals surface area contributed by atoms with E-state index in [4.69, 9.17) is 0 Å². The molecule has 2 rings (SSSR count). The molecule has 1 heterocycles. The van der Waals surface area contributed by atoms with Crippen molar-refractivity contribution in [3.05, 3.63) is 54.2 Å². The maximum atomic E-state index is 4.09. The number of aryl methyl sites for hydroxylation is 1. The van der Waals surface area contributed by atoms with Gasteiger partial charge in [-0.15, -0.1) is 5.11 Å². The van der Waals surface area contributed by atoms with E-state index in [9.17, 15) is 0 Å². The van der Waals surface area contributed by atoms with Gasteiger partial charge < -0.3 is 0 Å². The highest BCUT2D eigenvalue weighted by Gasteiger charge is 1.97. The van der Waals surface area contributed by atoms with Crippen LogP contribution in [0.4, 0.5) is 11.5 Å². The smallest absolute Gasteiger partial charge is 0.176 e. The molecule has 0 aliphatic carbocycles. The van der Waals surface area contributed by atoms with Crippen LogP contribution in [0.15, 0.2) is 59.0 Å². The predicted octanol–water partition coefficient (Wildman–Crippen LogP) is 3.53. The molecule has 0 aliphatic heterocycles. The van der Waals surface area contributed by atoms with E-state index in [0.29, 0.717) is 5.82 Å². The third-order valence-electron chi connectivity index (χ3n) is 2.34. The first-order chi connectivity index (χ1) is 8.25. The Morgan fingerprint density at radius 1 is 1.06 bits per heavy atom. The molecule has 0 unspecified atom stereocenters. The second kappa shape index (κ2) is 5.21. The highest BCUT2D eigenvalue weighted by Crippen LogP contribution is 2.15. The molecule has 0 aliphatic rings. The zero-order chi connectivity index (χ0) is 12.1. The van der Waals surface area contributed by atoms with Gasteiger partial charge in [0.15, 0.2) is 5.82 Å². The van der Waals surface area contributed by atoms with Gasteiger partial charge in [-0.25, -0.2) is 9.99 Å². The molecule has 2 aromatic rings. The van der Waals surface area contributed by atoms with Crippen molar-refractivity contribution in [1.29, 1.82) is 0 Å². The van der Waals surface area contributed by atoms with Gasteiger partial charge in [-0.2, -0.15) is 0 Å². The summed E-state index contributed by atoms with van der Waals surface area (Å²) in [5.74, 6) is 0.603. The summed E-state index contributed by atoms with van der Waals surface area (Å²) in [6, 6.07) is 13.6. The molecule has 0 amide bonds. The van der Waals surface area contributed by atoms with Crippen molar-refractivity contribution in [3.8, 4) is 0 Å². The van der Waals surface area contributed by atoms with Crippen LogP contribution in [0.2, 0.25) is 0 Å². The maximum Gasteiger partial charge on any atom is 0.176 e. The summed E-state index contributed by atoms with van der Waals surface area (Å²) in [4.78, 5) is 4.07. The van der Waals surface area contributed by atoms with Crippen molar-refractivity contribution >= 4 is 11.5 Å². The molecule has 86 valence electrons. The van der Waals surface area contributed by atoms with Gasteiger partial charge in [-0.1, -0.05) is 29.0 Å². The van der Waals surface area contributed by atoms with Gasteiger partial charge in [0, 0.05) is 13.2 Å². The Morgan fingerprint density at radius 2 is 1.82 bits per heavy atom. The Labute approximate surface area is 101 Å². The summed E-state index contributed by atoms with van der Waals surface area (Å²) in [6.07, 6.45) is 1.69. The van der Waals surface area contributed by atoms with E-state index < -0.39 is 0 Å². The Bertz CT molecular complexity index is 491. The molecular weight excluding hydrogens is 212 g/mol. The van der Waals surface area contributed by atoms with Crippen molar-refractivity contribution in [2.45, 2.75) is 6.92 Å². The summed E-state index contributed by atoms with van der Waals surface area (Å²) < 4.78 is 0. The van der Waals surface area contributed by atoms with Crippen molar-refractivity contribution in [1.82, 2.24) is 4.98 Å². The lowest BCUT2D eigenvalue weighted by atomic mass is 10.2. The Kier molecular flexibility index (Phi) is 3.45. The third kappa shape index (κ3) is 3.11. The van der Waals surface area contributed by atoms with E-state index in [0.717, 1.165) is 5.69 Å². The Hall–Kier alpha value is -2.23. The average molecular weight is 226 g/mol. The van der Waals surface area contributed by atoms with Gasteiger partial charge in [0.05, 0.1) is 5.69 Å². The fourth-order valence-corrected chi connectivity index (χ4v) is 1.34. The Balaban J connectivity index is 2.09. The lowest BCUT2D eigenvalue weighted by molar-refractivity contribution is 0.914. The molecule has 0 N–H and O–H groups in total. The topological polar surface area (TPSA) is 40.9 Å². The van der Waals surface area contributed by atoms with Crippen LogP contribution in [0, 0.1) is 6.92 Å². The molecule has 0 spiro atoms. The molecule has 0 bridgehead atoms. The van der Waals surface area contributed by atoms with E-state index in [-0.39, 0.29) is 0 Å². The van der Waals surface area contributed by atoms with Crippen molar-refractivity contribution in [2.75, 3.05) is 12.1 Å². The van der Waals surface area contributed by atoms with Crippen molar-refractivity contribution < 1.29 is 0 Å². The fourth-order valence-electron chi connectivity index (χ4n) is 1.34. The molecule has 17 heavy (non-hydrogen) atoms. The van der Waals surface area contributed by atoms with Crippen molar-refractivity contribution in [2.24, 2.45) is 10.3 Å². The standard InChI is InChI=1S/C13H14N4/c1-11-6-8-12(9-7-11)17(2)16-15-13-5-3-4-10-14-13/h3-10H,1-2H3/b16-15+. The highest BCUT2D eigenvalue weighted by molar-refractivity contribution is 5.45. The summed E-state index contributed by atoms with van der Waals surface area (Å²) in [5, 5.41) is 9.85. The Morgan fingerprint density at radius 3 is 2.47 bits per heavy atom. The second-order valence-electron chi connectivity index (χ2n) is 3.74. The van der Waals surface area contributed by atoms with E-state index in [1.54, 1.807) is 11.2 Å². The monoisotopic (exact) mass is 226 g/mol. The number of hydrogen-bond acceptors (Lipinski definition) is 3. The number of benzene rings is 1. The SMILES string of the molecule is Cc1ccc(N(C)/N=N/c2ccccn2)cc1. The molecule has 0 fully saturated rings. The third-order valence-corrected chi connectivity index (χ3v) is 2.34. The minimum absolute atomic E-state index is 0.603. The van der Waals surface area contributed by atoms with E-state index >= 15 is 0 Å². The van der Waals surface area contributed by atoms with Crippen LogP contribution in [0.5, 0.6) is 0 Å². The fraction of sp³-hybridized carbons (Fsp3) is 0.154. The van der Waals surface area contributed by atoms with Gasteiger partial charge in [0.25, 0.3) is 0 Å². The van der Waals surface area contributed by atoms with Crippen LogP contribution in [0.25, 0.3) is 0 Å².